The summed E-state index contributed by atoms with van der Waals surface area (Å²) >= 11 is 0. The Morgan fingerprint density at radius 2 is 1.86 bits per heavy atom. The van der Waals surface area contributed by atoms with E-state index in [0.717, 1.165) is 44.0 Å². The Bertz CT molecular complexity index is 926. The lowest BCUT2D eigenvalue weighted by molar-refractivity contribution is 0.301. The molecule has 0 atom stereocenters. The maximum absolute atomic E-state index is 14.6. The molecule has 0 spiro atoms. The Labute approximate surface area is 172 Å². The number of benzene rings is 1. The van der Waals surface area contributed by atoms with Crippen LogP contribution < -0.4 is 10.6 Å². The van der Waals surface area contributed by atoms with E-state index in [1.54, 1.807) is 18.5 Å². The van der Waals surface area contributed by atoms with Crippen LogP contribution in [0, 0.1) is 5.82 Å². The minimum absolute atomic E-state index is 0.268. The highest BCUT2D eigenvalue weighted by atomic mass is 19.1. The van der Waals surface area contributed by atoms with E-state index in [1.165, 1.54) is 11.6 Å². The smallest absolute Gasteiger partial charge is 0.130 e. The molecule has 1 saturated heterocycles. The molecule has 0 aliphatic carbocycles. The average molecular weight is 396 g/mol. The summed E-state index contributed by atoms with van der Waals surface area (Å²) in [6, 6.07) is 3.22. The number of nitrogens with one attached hydrogen (secondary N) is 2. The molecule has 6 heteroatoms. The quantitative estimate of drug-likeness (QED) is 0.696. The lowest BCUT2D eigenvalue weighted by Crippen LogP contribution is -2.44. The van der Waals surface area contributed by atoms with Crippen LogP contribution in [0.2, 0.25) is 0 Å². The molecule has 1 fully saturated rings. The van der Waals surface area contributed by atoms with Crippen molar-refractivity contribution < 1.29 is 4.39 Å². The molecule has 2 aromatic rings. The number of hydrogen-bond donors (Lipinski definition) is 2. The summed E-state index contributed by atoms with van der Waals surface area (Å²) in [4.78, 5) is 10.8. The summed E-state index contributed by atoms with van der Waals surface area (Å²) in [5, 5.41) is 6.84. The predicted molar refractivity (Wildman–Crippen MR) is 117 cm³/mol. The molecule has 0 radical (unpaired) electrons. The molecule has 3 rings (SSSR count). The fourth-order valence-corrected chi connectivity index (χ4v) is 3.31. The number of rotatable bonds is 7. The normalized spacial score (nSPS) is 16.4. The molecule has 1 aliphatic heterocycles. The van der Waals surface area contributed by atoms with Gasteiger partial charge in [0.05, 0.1) is 22.4 Å². The van der Waals surface area contributed by atoms with Crippen molar-refractivity contribution in [3.63, 3.8) is 0 Å². The maximum Gasteiger partial charge on any atom is 0.130 e. The first-order valence-corrected chi connectivity index (χ1v) is 10.2. The Hall–Kier alpha value is -2.73. The van der Waals surface area contributed by atoms with Gasteiger partial charge < -0.3 is 15.5 Å². The van der Waals surface area contributed by atoms with E-state index < -0.39 is 0 Å². The standard InChI is InChI=1S/C23H30FN5/c1-4-17(3)6-7-23(29-12-10-25-11-13-29)20(5-2)28-16-18-14-21-22(15-19(18)24)27-9-8-26-21/h5-9,14-15,25,28H,4,10-13,16H2,1-3H3/b17-6+,20-5+,23-7+. The van der Waals surface area contributed by atoms with Crippen LogP contribution in [-0.4, -0.2) is 41.0 Å². The second kappa shape index (κ2) is 10.2. The second-order valence-corrected chi connectivity index (χ2v) is 7.20. The summed E-state index contributed by atoms with van der Waals surface area (Å²) in [6.07, 6.45) is 10.6. The molecule has 154 valence electrons. The highest BCUT2D eigenvalue weighted by Gasteiger charge is 2.16. The van der Waals surface area contributed by atoms with Gasteiger partial charge in [0.25, 0.3) is 0 Å². The van der Waals surface area contributed by atoms with E-state index in [0.29, 0.717) is 23.1 Å². The van der Waals surface area contributed by atoms with Crippen LogP contribution in [0.1, 0.15) is 32.8 Å². The molecule has 0 amide bonds. The van der Waals surface area contributed by atoms with Crippen molar-refractivity contribution in [2.24, 2.45) is 0 Å². The van der Waals surface area contributed by atoms with Crippen LogP contribution in [-0.2, 0) is 6.54 Å². The number of piperazine rings is 1. The summed E-state index contributed by atoms with van der Waals surface area (Å²) < 4.78 is 14.6. The van der Waals surface area contributed by atoms with Gasteiger partial charge in [-0.15, -0.1) is 0 Å². The molecule has 2 heterocycles. The zero-order valence-corrected chi connectivity index (χ0v) is 17.5. The molecule has 29 heavy (non-hydrogen) atoms. The topological polar surface area (TPSA) is 53.1 Å². The zero-order valence-electron chi connectivity index (χ0n) is 17.5. The second-order valence-electron chi connectivity index (χ2n) is 7.20. The van der Waals surface area contributed by atoms with Gasteiger partial charge >= 0.3 is 0 Å². The summed E-state index contributed by atoms with van der Waals surface area (Å²) in [5.41, 5.74) is 5.33. The van der Waals surface area contributed by atoms with Crippen molar-refractivity contribution in [3.8, 4) is 0 Å². The van der Waals surface area contributed by atoms with Crippen molar-refractivity contribution in [3.05, 3.63) is 71.1 Å². The van der Waals surface area contributed by atoms with Crippen LogP contribution >= 0.6 is 0 Å². The Morgan fingerprint density at radius 1 is 1.17 bits per heavy atom. The fourth-order valence-electron chi connectivity index (χ4n) is 3.31. The molecule has 0 saturated carbocycles. The Morgan fingerprint density at radius 3 is 2.52 bits per heavy atom. The van der Waals surface area contributed by atoms with Crippen LogP contribution in [0.3, 0.4) is 0 Å². The number of allylic oxidation sites excluding steroid dienone is 4. The highest BCUT2D eigenvalue weighted by Crippen LogP contribution is 2.19. The van der Waals surface area contributed by atoms with Gasteiger partial charge in [0.1, 0.15) is 5.82 Å². The van der Waals surface area contributed by atoms with Crippen LogP contribution in [0.15, 0.2) is 59.7 Å². The van der Waals surface area contributed by atoms with Gasteiger partial charge in [0.15, 0.2) is 0 Å². The first kappa shape index (κ1) is 21.0. The molecule has 0 bridgehead atoms. The van der Waals surface area contributed by atoms with Gasteiger partial charge in [-0.2, -0.15) is 0 Å². The zero-order chi connectivity index (χ0) is 20.6. The van der Waals surface area contributed by atoms with Crippen LogP contribution in [0.5, 0.6) is 0 Å². The number of hydrogen-bond acceptors (Lipinski definition) is 5. The fraction of sp³-hybridized carbons (Fsp3) is 0.391. The van der Waals surface area contributed by atoms with E-state index in [1.807, 2.05) is 6.92 Å². The van der Waals surface area contributed by atoms with Crippen molar-refractivity contribution >= 4 is 11.0 Å². The molecular formula is C23H30FN5. The number of aromatic nitrogens is 2. The lowest BCUT2D eigenvalue weighted by Gasteiger charge is -2.33. The molecular weight excluding hydrogens is 365 g/mol. The summed E-state index contributed by atoms with van der Waals surface area (Å²) in [6.45, 7) is 10.5. The lowest BCUT2D eigenvalue weighted by atomic mass is 10.1. The molecule has 1 aliphatic rings. The Balaban J connectivity index is 1.83. The molecule has 1 aromatic heterocycles. The SMILES string of the molecule is C\C=C(NCc1cc2nccnc2cc1F)/C(=C\C=C(/C)CC)N1CCNCC1. The number of halogens is 1. The minimum atomic E-state index is -0.268. The summed E-state index contributed by atoms with van der Waals surface area (Å²) in [7, 11) is 0. The van der Waals surface area contributed by atoms with Crippen LogP contribution in [0.25, 0.3) is 11.0 Å². The largest absolute Gasteiger partial charge is 0.379 e. The van der Waals surface area contributed by atoms with Crippen molar-refractivity contribution in [1.29, 1.82) is 0 Å². The van der Waals surface area contributed by atoms with Crippen molar-refractivity contribution in [2.75, 3.05) is 26.2 Å². The van der Waals surface area contributed by atoms with Gasteiger partial charge in [-0.25, -0.2) is 4.39 Å². The molecule has 2 N–H and O–H groups in total. The van der Waals surface area contributed by atoms with Crippen LogP contribution in [0.4, 0.5) is 4.39 Å². The van der Waals surface area contributed by atoms with Gasteiger partial charge in [0, 0.05) is 56.7 Å². The first-order chi connectivity index (χ1) is 14.1. The molecule has 0 unspecified atom stereocenters. The maximum atomic E-state index is 14.6. The van der Waals surface area contributed by atoms with E-state index in [4.69, 9.17) is 0 Å². The third kappa shape index (κ3) is 5.41. The third-order valence-electron chi connectivity index (χ3n) is 5.21. The van der Waals surface area contributed by atoms with E-state index >= 15 is 0 Å². The van der Waals surface area contributed by atoms with Gasteiger partial charge in [-0.1, -0.05) is 24.6 Å². The van der Waals surface area contributed by atoms with Gasteiger partial charge in [-0.05, 0) is 32.4 Å². The first-order valence-electron chi connectivity index (χ1n) is 10.2. The third-order valence-corrected chi connectivity index (χ3v) is 5.21. The van der Waals surface area contributed by atoms with Crippen molar-refractivity contribution in [1.82, 2.24) is 25.5 Å². The average Bonchev–Trinajstić information content (AvgIpc) is 2.76. The van der Waals surface area contributed by atoms with E-state index in [9.17, 15) is 4.39 Å². The Kier molecular flexibility index (Phi) is 7.36. The molecule has 5 nitrogen and oxygen atoms in total. The van der Waals surface area contributed by atoms with Crippen molar-refractivity contribution in [2.45, 2.75) is 33.7 Å². The van der Waals surface area contributed by atoms with Gasteiger partial charge in [-0.3, -0.25) is 9.97 Å². The van der Waals surface area contributed by atoms with E-state index in [-0.39, 0.29) is 5.82 Å². The number of nitrogens with zero attached hydrogens (tertiary/aromatic N) is 3. The molecule has 1 aromatic carbocycles. The minimum Gasteiger partial charge on any atom is -0.379 e. The van der Waals surface area contributed by atoms with E-state index in [2.05, 4.69) is 57.6 Å². The van der Waals surface area contributed by atoms with Gasteiger partial charge in [0.2, 0.25) is 0 Å². The highest BCUT2D eigenvalue weighted by molar-refractivity contribution is 5.74. The monoisotopic (exact) mass is 395 g/mol. The number of fused-ring (bicyclic) bond motifs is 1. The predicted octanol–water partition coefficient (Wildman–Crippen LogP) is 3.91. The summed E-state index contributed by atoms with van der Waals surface area (Å²) in [5.74, 6) is -0.268.